The standard InChI is InChI=1S/C10H13BrN6/c11-8-6-9(12)10(14-7-8)13-2-1-4-17-5-3-15-16-17/h3,5-7H,1-2,4,12H2,(H,13,14). The van der Waals surface area contributed by atoms with Crippen LogP contribution in [-0.2, 0) is 6.54 Å². The van der Waals surface area contributed by atoms with E-state index in [0.717, 1.165) is 24.0 Å². The third kappa shape index (κ3) is 3.42. The number of nitrogens with two attached hydrogens (primary N) is 1. The van der Waals surface area contributed by atoms with Crippen molar-refractivity contribution in [1.82, 2.24) is 20.0 Å². The van der Waals surface area contributed by atoms with Gasteiger partial charge in [-0.2, -0.15) is 0 Å². The summed E-state index contributed by atoms with van der Waals surface area (Å²) in [6.07, 6.45) is 6.16. The molecule has 0 aliphatic heterocycles. The van der Waals surface area contributed by atoms with Gasteiger partial charge in [0.1, 0.15) is 5.82 Å². The highest BCUT2D eigenvalue weighted by molar-refractivity contribution is 9.10. The Morgan fingerprint density at radius 3 is 3.06 bits per heavy atom. The summed E-state index contributed by atoms with van der Waals surface area (Å²) in [6, 6.07) is 1.83. The lowest BCUT2D eigenvalue weighted by Crippen LogP contribution is -2.09. The van der Waals surface area contributed by atoms with Crippen LogP contribution in [0, 0.1) is 0 Å². The molecule has 0 saturated heterocycles. The third-order valence-corrected chi connectivity index (χ3v) is 2.65. The van der Waals surface area contributed by atoms with Gasteiger partial charge >= 0.3 is 0 Å². The van der Waals surface area contributed by atoms with Crippen LogP contribution in [-0.4, -0.2) is 26.5 Å². The molecule has 0 unspecified atom stereocenters. The van der Waals surface area contributed by atoms with Crippen molar-refractivity contribution in [1.29, 1.82) is 0 Å². The van der Waals surface area contributed by atoms with Gasteiger partial charge in [-0.3, -0.25) is 4.68 Å². The summed E-state index contributed by atoms with van der Waals surface area (Å²) in [5, 5.41) is 10.8. The number of rotatable bonds is 5. The predicted molar refractivity (Wildman–Crippen MR) is 69.5 cm³/mol. The number of halogens is 1. The van der Waals surface area contributed by atoms with E-state index in [4.69, 9.17) is 5.73 Å². The van der Waals surface area contributed by atoms with E-state index >= 15 is 0 Å². The lowest BCUT2D eigenvalue weighted by atomic mass is 10.3. The molecule has 2 aromatic rings. The number of nitrogens with zero attached hydrogens (tertiary/aromatic N) is 4. The third-order valence-electron chi connectivity index (χ3n) is 2.21. The molecule has 3 N–H and O–H groups in total. The highest BCUT2D eigenvalue weighted by Crippen LogP contribution is 2.19. The Bertz CT molecular complexity index is 470. The normalized spacial score (nSPS) is 10.4. The fourth-order valence-corrected chi connectivity index (χ4v) is 1.75. The first kappa shape index (κ1) is 11.8. The van der Waals surface area contributed by atoms with Crippen molar-refractivity contribution in [3.8, 4) is 0 Å². The Kier molecular flexibility index (Phi) is 3.92. The molecule has 0 fully saturated rings. The topological polar surface area (TPSA) is 81.6 Å². The van der Waals surface area contributed by atoms with E-state index in [2.05, 4.69) is 36.5 Å². The fourth-order valence-electron chi connectivity index (χ4n) is 1.40. The number of anilines is 2. The number of nitrogens with one attached hydrogen (secondary N) is 1. The van der Waals surface area contributed by atoms with Crippen LogP contribution >= 0.6 is 15.9 Å². The van der Waals surface area contributed by atoms with Crippen molar-refractivity contribution in [3.05, 3.63) is 29.1 Å². The number of hydrogen-bond donors (Lipinski definition) is 2. The minimum atomic E-state index is 0.639. The van der Waals surface area contributed by atoms with Crippen LogP contribution in [0.5, 0.6) is 0 Å². The molecule has 0 atom stereocenters. The van der Waals surface area contributed by atoms with Crippen molar-refractivity contribution < 1.29 is 0 Å². The summed E-state index contributed by atoms with van der Waals surface area (Å²) in [5.74, 6) is 0.715. The molecule has 0 radical (unpaired) electrons. The highest BCUT2D eigenvalue weighted by Gasteiger charge is 2.00. The molecule has 90 valence electrons. The molecule has 7 heteroatoms. The molecule has 17 heavy (non-hydrogen) atoms. The number of nitrogen functional groups attached to an aromatic ring is 1. The Morgan fingerprint density at radius 2 is 2.35 bits per heavy atom. The lowest BCUT2D eigenvalue weighted by molar-refractivity contribution is 0.569. The Hall–Kier alpha value is -1.63. The second kappa shape index (κ2) is 5.62. The Labute approximate surface area is 107 Å². The molecular formula is C10H13BrN6. The summed E-state index contributed by atoms with van der Waals surface area (Å²) in [7, 11) is 0. The minimum Gasteiger partial charge on any atom is -0.396 e. The zero-order valence-electron chi connectivity index (χ0n) is 9.17. The van der Waals surface area contributed by atoms with Gasteiger partial charge in [0.25, 0.3) is 0 Å². The van der Waals surface area contributed by atoms with Crippen LogP contribution in [0.1, 0.15) is 6.42 Å². The lowest BCUT2D eigenvalue weighted by Gasteiger charge is -2.08. The molecule has 2 heterocycles. The zero-order valence-corrected chi connectivity index (χ0v) is 10.8. The van der Waals surface area contributed by atoms with E-state index in [1.165, 1.54) is 0 Å². The van der Waals surface area contributed by atoms with Crippen LogP contribution in [0.15, 0.2) is 29.1 Å². The quantitative estimate of drug-likeness (QED) is 0.818. The minimum absolute atomic E-state index is 0.639. The largest absolute Gasteiger partial charge is 0.396 e. The first-order chi connectivity index (χ1) is 8.25. The van der Waals surface area contributed by atoms with Gasteiger partial charge in [0, 0.05) is 30.0 Å². The van der Waals surface area contributed by atoms with Crippen LogP contribution in [0.2, 0.25) is 0 Å². The fraction of sp³-hybridized carbons (Fsp3) is 0.300. The molecule has 2 aromatic heterocycles. The van der Waals surface area contributed by atoms with E-state index in [1.54, 1.807) is 17.1 Å². The van der Waals surface area contributed by atoms with Crippen molar-refractivity contribution in [2.24, 2.45) is 0 Å². The average Bonchev–Trinajstić information content (AvgIpc) is 2.79. The van der Waals surface area contributed by atoms with Crippen molar-refractivity contribution >= 4 is 27.4 Å². The van der Waals surface area contributed by atoms with Gasteiger partial charge in [-0.05, 0) is 28.4 Å². The molecule has 0 aliphatic rings. The van der Waals surface area contributed by atoms with Gasteiger partial charge < -0.3 is 11.1 Å². The maximum Gasteiger partial charge on any atom is 0.149 e. The number of pyridine rings is 1. The summed E-state index contributed by atoms with van der Waals surface area (Å²) in [6.45, 7) is 1.61. The molecule has 0 aromatic carbocycles. The SMILES string of the molecule is Nc1cc(Br)cnc1NCCCn1ccnn1. The average molecular weight is 297 g/mol. The monoisotopic (exact) mass is 296 g/mol. The maximum atomic E-state index is 5.82. The van der Waals surface area contributed by atoms with Crippen molar-refractivity contribution in [3.63, 3.8) is 0 Å². The summed E-state index contributed by atoms with van der Waals surface area (Å²) in [5.41, 5.74) is 6.45. The molecular weight excluding hydrogens is 284 g/mol. The molecule has 2 rings (SSSR count). The van der Waals surface area contributed by atoms with E-state index in [9.17, 15) is 0 Å². The van der Waals surface area contributed by atoms with E-state index in [1.807, 2.05) is 12.3 Å². The van der Waals surface area contributed by atoms with Gasteiger partial charge in [-0.15, -0.1) is 5.10 Å². The van der Waals surface area contributed by atoms with Crippen LogP contribution in [0.3, 0.4) is 0 Å². The smallest absolute Gasteiger partial charge is 0.149 e. The Morgan fingerprint density at radius 1 is 1.47 bits per heavy atom. The number of aryl methyl sites for hydroxylation is 1. The van der Waals surface area contributed by atoms with Crippen molar-refractivity contribution in [2.75, 3.05) is 17.6 Å². The molecule has 0 bridgehead atoms. The molecule has 0 aliphatic carbocycles. The summed E-state index contributed by atoms with van der Waals surface area (Å²) >= 11 is 3.32. The molecule has 6 nitrogen and oxygen atoms in total. The second-order valence-electron chi connectivity index (χ2n) is 3.54. The van der Waals surface area contributed by atoms with E-state index in [0.29, 0.717) is 11.5 Å². The Balaban J connectivity index is 1.78. The van der Waals surface area contributed by atoms with Gasteiger partial charge in [-0.1, -0.05) is 5.21 Å². The molecule has 0 amide bonds. The number of aromatic nitrogens is 4. The van der Waals surface area contributed by atoms with E-state index in [-0.39, 0.29) is 0 Å². The first-order valence-corrected chi connectivity index (χ1v) is 6.04. The summed E-state index contributed by atoms with van der Waals surface area (Å²) in [4.78, 5) is 4.19. The van der Waals surface area contributed by atoms with Crippen LogP contribution in [0.25, 0.3) is 0 Å². The second-order valence-corrected chi connectivity index (χ2v) is 4.45. The van der Waals surface area contributed by atoms with Gasteiger partial charge in [0.2, 0.25) is 0 Å². The molecule has 0 spiro atoms. The maximum absolute atomic E-state index is 5.82. The van der Waals surface area contributed by atoms with Crippen molar-refractivity contribution in [2.45, 2.75) is 13.0 Å². The summed E-state index contributed by atoms with van der Waals surface area (Å²) < 4.78 is 2.67. The van der Waals surface area contributed by atoms with Crippen LogP contribution in [0.4, 0.5) is 11.5 Å². The van der Waals surface area contributed by atoms with Gasteiger partial charge in [-0.25, -0.2) is 4.98 Å². The van der Waals surface area contributed by atoms with Gasteiger partial charge in [0.15, 0.2) is 0 Å². The van der Waals surface area contributed by atoms with Crippen LogP contribution < -0.4 is 11.1 Å². The predicted octanol–water partition coefficient (Wildman–Crippen LogP) is 1.52. The highest BCUT2D eigenvalue weighted by atomic mass is 79.9. The number of hydrogen-bond acceptors (Lipinski definition) is 5. The molecule has 0 saturated carbocycles. The van der Waals surface area contributed by atoms with Gasteiger partial charge in [0.05, 0.1) is 11.9 Å². The van der Waals surface area contributed by atoms with E-state index < -0.39 is 0 Å². The zero-order chi connectivity index (χ0) is 12.1. The first-order valence-electron chi connectivity index (χ1n) is 5.25.